The maximum Gasteiger partial charge on any atom is 0.408 e. The molecule has 0 saturated heterocycles. The average molecular weight is 543 g/mol. The molecule has 0 bridgehead atoms. The number of hydrogen-bond donors (Lipinski definition) is 4. The van der Waals surface area contributed by atoms with E-state index in [1.165, 1.54) is 0 Å². The number of thiophene rings is 1. The molecule has 0 aliphatic rings. The number of benzene rings is 3. The van der Waals surface area contributed by atoms with Crippen molar-refractivity contribution in [2.24, 2.45) is 0 Å². The van der Waals surface area contributed by atoms with Gasteiger partial charge >= 0.3 is 6.09 Å². The molecule has 4 aromatic rings. The molecule has 1 atom stereocenters. The standard InChI is InChI=1S/C30H30N4O4S/c1-2-32-29(36)26(34-30(37)38-19-21-7-4-3-5-8-21)17-20-10-12-22(13-11-20)28(35)33-25-18-23(14-15-24(25)31)27-9-6-16-39-27/h3-16,18,26H,2,17,19,31H2,1H3,(H,32,36)(H,33,35)(H,34,37)/t26-/m0/s1. The molecule has 8 nitrogen and oxygen atoms in total. The minimum Gasteiger partial charge on any atom is -0.445 e. The Kier molecular flexibility index (Phi) is 9.31. The molecular formula is C30H30N4O4S. The summed E-state index contributed by atoms with van der Waals surface area (Å²) in [7, 11) is 0. The number of amides is 3. The zero-order chi connectivity index (χ0) is 27.6. The van der Waals surface area contributed by atoms with Gasteiger partial charge in [-0.2, -0.15) is 0 Å². The zero-order valence-corrected chi connectivity index (χ0v) is 22.3. The van der Waals surface area contributed by atoms with Crippen molar-refractivity contribution < 1.29 is 19.1 Å². The van der Waals surface area contributed by atoms with Crippen LogP contribution in [-0.2, 0) is 22.6 Å². The zero-order valence-electron chi connectivity index (χ0n) is 21.5. The van der Waals surface area contributed by atoms with Crippen LogP contribution in [0.5, 0.6) is 0 Å². The number of carbonyl (C=O) groups excluding carboxylic acids is 3. The predicted octanol–water partition coefficient (Wildman–Crippen LogP) is 5.22. The van der Waals surface area contributed by atoms with Crippen LogP contribution in [0.25, 0.3) is 10.4 Å². The van der Waals surface area contributed by atoms with Gasteiger partial charge in [0, 0.05) is 23.4 Å². The third-order valence-corrected chi connectivity index (χ3v) is 6.85. The summed E-state index contributed by atoms with van der Waals surface area (Å²) in [5.74, 6) is -0.628. The van der Waals surface area contributed by atoms with Crippen LogP contribution in [0, 0.1) is 0 Å². The van der Waals surface area contributed by atoms with Crippen molar-refractivity contribution in [3.8, 4) is 10.4 Å². The van der Waals surface area contributed by atoms with Crippen LogP contribution >= 0.6 is 11.3 Å². The van der Waals surface area contributed by atoms with Gasteiger partial charge < -0.3 is 26.4 Å². The van der Waals surface area contributed by atoms with E-state index >= 15 is 0 Å². The smallest absolute Gasteiger partial charge is 0.408 e. The van der Waals surface area contributed by atoms with Gasteiger partial charge in [0.1, 0.15) is 12.6 Å². The van der Waals surface area contributed by atoms with Crippen LogP contribution in [0.15, 0.2) is 90.3 Å². The molecule has 0 aliphatic heterocycles. The van der Waals surface area contributed by atoms with Gasteiger partial charge in [0.15, 0.2) is 0 Å². The van der Waals surface area contributed by atoms with E-state index in [1.54, 1.807) is 48.6 Å². The molecule has 9 heteroatoms. The summed E-state index contributed by atoms with van der Waals surface area (Å²) in [5, 5.41) is 10.3. The fourth-order valence-electron chi connectivity index (χ4n) is 3.90. The van der Waals surface area contributed by atoms with Crippen molar-refractivity contribution in [3.63, 3.8) is 0 Å². The number of anilines is 2. The molecule has 200 valence electrons. The van der Waals surface area contributed by atoms with Gasteiger partial charge in [-0.1, -0.05) is 54.6 Å². The third-order valence-electron chi connectivity index (χ3n) is 5.94. The van der Waals surface area contributed by atoms with Gasteiger partial charge in [-0.15, -0.1) is 11.3 Å². The van der Waals surface area contributed by atoms with Crippen LogP contribution < -0.4 is 21.7 Å². The molecule has 5 N–H and O–H groups in total. The first-order chi connectivity index (χ1) is 18.9. The molecule has 0 radical (unpaired) electrons. The number of rotatable bonds is 10. The number of nitrogens with one attached hydrogen (secondary N) is 3. The highest BCUT2D eigenvalue weighted by Crippen LogP contribution is 2.30. The molecule has 3 aromatic carbocycles. The van der Waals surface area contributed by atoms with E-state index < -0.39 is 12.1 Å². The Labute approximate surface area is 231 Å². The Morgan fingerprint density at radius 2 is 1.69 bits per heavy atom. The first-order valence-electron chi connectivity index (χ1n) is 12.5. The average Bonchev–Trinajstić information content (AvgIpc) is 3.49. The molecule has 1 aromatic heterocycles. The topological polar surface area (TPSA) is 123 Å². The summed E-state index contributed by atoms with van der Waals surface area (Å²) < 4.78 is 5.28. The Morgan fingerprint density at radius 1 is 0.923 bits per heavy atom. The van der Waals surface area contributed by atoms with E-state index in [1.807, 2.05) is 60.0 Å². The number of carbonyl (C=O) groups is 3. The summed E-state index contributed by atoms with van der Waals surface area (Å²) in [6, 6.07) is 24.8. The summed E-state index contributed by atoms with van der Waals surface area (Å²) in [6.45, 7) is 2.32. The lowest BCUT2D eigenvalue weighted by Crippen LogP contribution is -2.48. The van der Waals surface area contributed by atoms with Crippen molar-refractivity contribution in [2.75, 3.05) is 17.6 Å². The summed E-state index contributed by atoms with van der Waals surface area (Å²) >= 11 is 1.61. The van der Waals surface area contributed by atoms with E-state index in [2.05, 4.69) is 16.0 Å². The second-order valence-electron chi connectivity index (χ2n) is 8.79. The van der Waals surface area contributed by atoms with Gasteiger partial charge in [0.25, 0.3) is 5.91 Å². The van der Waals surface area contributed by atoms with Crippen molar-refractivity contribution in [3.05, 3.63) is 107 Å². The summed E-state index contributed by atoms with van der Waals surface area (Å²) in [5.41, 5.74) is 10.1. The highest BCUT2D eigenvalue weighted by molar-refractivity contribution is 7.13. The SMILES string of the molecule is CCNC(=O)[C@H](Cc1ccc(C(=O)Nc2cc(-c3cccs3)ccc2N)cc1)NC(=O)OCc1ccccc1. The van der Waals surface area contributed by atoms with E-state index in [4.69, 9.17) is 10.5 Å². The molecule has 1 heterocycles. The van der Waals surface area contributed by atoms with Crippen LogP contribution in [0.4, 0.5) is 16.2 Å². The largest absolute Gasteiger partial charge is 0.445 e. The molecular weight excluding hydrogens is 512 g/mol. The maximum atomic E-state index is 12.9. The Bertz CT molecular complexity index is 1410. The van der Waals surface area contributed by atoms with Crippen molar-refractivity contribution in [2.45, 2.75) is 26.0 Å². The monoisotopic (exact) mass is 542 g/mol. The number of ether oxygens (including phenoxy) is 1. The van der Waals surface area contributed by atoms with Gasteiger partial charge in [-0.3, -0.25) is 9.59 Å². The fraction of sp³-hybridized carbons (Fsp3) is 0.167. The number of alkyl carbamates (subject to hydrolysis) is 1. The fourth-order valence-corrected chi connectivity index (χ4v) is 4.62. The van der Waals surface area contributed by atoms with Gasteiger partial charge in [-0.25, -0.2) is 4.79 Å². The number of nitrogens with two attached hydrogens (primary N) is 1. The normalized spacial score (nSPS) is 11.3. The Morgan fingerprint density at radius 3 is 2.38 bits per heavy atom. The first-order valence-corrected chi connectivity index (χ1v) is 13.4. The van der Waals surface area contributed by atoms with Crippen LogP contribution in [0.1, 0.15) is 28.4 Å². The molecule has 0 saturated carbocycles. The lowest BCUT2D eigenvalue weighted by molar-refractivity contribution is -0.122. The summed E-state index contributed by atoms with van der Waals surface area (Å²) in [4.78, 5) is 39.0. The molecule has 4 rings (SSSR count). The van der Waals surface area contributed by atoms with Crippen molar-refractivity contribution in [1.82, 2.24) is 10.6 Å². The third kappa shape index (κ3) is 7.68. The van der Waals surface area contributed by atoms with Crippen molar-refractivity contribution in [1.29, 1.82) is 0 Å². The lowest BCUT2D eigenvalue weighted by atomic mass is 10.0. The number of likely N-dealkylation sites (N-methyl/N-ethyl adjacent to an activating group) is 1. The van der Waals surface area contributed by atoms with Gasteiger partial charge in [0.05, 0.1) is 11.4 Å². The van der Waals surface area contributed by atoms with Gasteiger partial charge in [0.2, 0.25) is 5.91 Å². The number of nitrogen functional groups attached to an aromatic ring is 1. The molecule has 0 fully saturated rings. The van der Waals surface area contributed by atoms with Crippen LogP contribution in [-0.4, -0.2) is 30.5 Å². The Balaban J connectivity index is 1.39. The quantitative estimate of drug-likeness (QED) is 0.205. The molecule has 0 spiro atoms. The van der Waals surface area contributed by atoms with Crippen molar-refractivity contribution >= 4 is 40.6 Å². The van der Waals surface area contributed by atoms with E-state index in [-0.39, 0.29) is 24.8 Å². The second kappa shape index (κ2) is 13.3. The van der Waals surface area contributed by atoms with Crippen LogP contribution in [0.3, 0.4) is 0 Å². The molecule has 3 amide bonds. The highest BCUT2D eigenvalue weighted by atomic mass is 32.1. The van der Waals surface area contributed by atoms with E-state index in [9.17, 15) is 14.4 Å². The minimum absolute atomic E-state index is 0.0966. The number of hydrogen-bond acceptors (Lipinski definition) is 6. The Hall–Kier alpha value is -4.63. The van der Waals surface area contributed by atoms with Gasteiger partial charge in [-0.05, 0) is 59.3 Å². The van der Waals surface area contributed by atoms with Crippen LogP contribution in [0.2, 0.25) is 0 Å². The molecule has 39 heavy (non-hydrogen) atoms. The van der Waals surface area contributed by atoms with E-state index in [0.29, 0.717) is 23.5 Å². The highest BCUT2D eigenvalue weighted by Gasteiger charge is 2.22. The molecule has 0 aliphatic carbocycles. The van der Waals surface area contributed by atoms with E-state index in [0.717, 1.165) is 21.6 Å². The maximum absolute atomic E-state index is 12.9. The second-order valence-corrected chi connectivity index (χ2v) is 9.74. The predicted molar refractivity (Wildman–Crippen MR) is 155 cm³/mol. The summed E-state index contributed by atoms with van der Waals surface area (Å²) in [6.07, 6.45) is -0.460. The lowest BCUT2D eigenvalue weighted by Gasteiger charge is -2.18. The molecule has 0 unspecified atom stereocenters. The minimum atomic E-state index is -0.840. The first kappa shape index (κ1) is 27.4.